The van der Waals surface area contributed by atoms with Gasteiger partial charge in [-0.05, 0) is 18.3 Å². The van der Waals surface area contributed by atoms with E-state index in [1.807, 2.05) is 4.90 Å². The van der Waals surface area contributed by atoms with Gasteiger partial charge in [-0.2, -0.15) is 0 Å². The molecule has 2 atom stereocenters. The van der Waals surface area contributed by atoms with E-state index in [9.17, 15) is 0 Å². The van der Waals surface area contributed by atoms with Gasteiger partial charge in [0.1, 0.15) is 0 Å². The van der Waals surface area contributed by atoms with Crippen LogP contribution >= 0.6 is 0 Å². The average Bonchev–Trinajstić information content (AvgIpc) is 1.85. The minimum atomic E-state index is 0.225. The summed E-state index contributed by atoms with van der Waals surface area (Å²) < 4.78 is 0. The number of nitrogens with one attached hydrogen (secondary N) is 1. The molecule has 64 valence electrons. The highest BCUT2D eigenvalue weighted by Gasteiger charge is 2.21. The van der Waals surface area contributed by atoms with Crippen molar-refractivity contribution in [2.24, 2.45) is 17.6 Å². The molecule has 0 radical (unpaired) electrons. The van der Waals surface area contributed by atoms with Gasteiger partial charge in [0.15, 0.2) is 5.96 Å². The van der Waals surface area contributed by atoms with Crippen molar-refractivity contribution in [2.75, 3.05) is 13.1 Å². The molecule has 1 heterocycles. The molecular formula is C8H17N3. The van der Waals surface area contributed by atoms with Crippen LogP contribution in [-0.2, 0) is 0 Å². The summed E-state index contributed by atoms with van der Waals surface area (Å²) in [6, 6.07) is 0. The number of nitrogens with zero attached hydrogens (tertiary/aromatic N) is 1. The molecule has 0 amide bonds. The number of nitrogens with two attached hydrogens (primary N) is 1. The molecule has 1 fully saturated rings. The first-order valence-corrected chi connectivity index (χ1v) is 4.18. The molecule has 0 aromatic carbocycles. The van der Waals surface area contributed by atoms with E-state index < -0.39 is 0 Å². The third-order valence-corrected chi connectivity index (χ3v) is 2.21. The maximum absolute atomic E-state index is 7.27. The largest absolute Gasteiger partial charge is 0.370 e. The fourth-order valence-electron chi connectivity index (χ4n) is 1.86. The van der Waals surface area contributed by atoms with Crippen LogP contribution < -0.4 is 5.73 Å². The highest BCUT2D eigenvalue weighted by atomic mass is 15.2. The van der Waals surface area contributed by atoms with E-state index in [4.69, 9.17) is 11.1 Å². The number of hydrogen-bond acceptors (Lipinski definition) is 1. The summed E-state index contributed by atoms with van der Waals surface area (Å²) in [4.78, 5) is 1.96. The van der Waals surface area contributed by atoms with Crippen molar-refractivity contribution >= 4 is 5.96 Å². The van der Waals surface area contributed by atoms with Gasteiger partial charge in [-0.3, -0.25) is 5.41 Å². The Morgan fingerprint density at radius 1 is 1.36 bits per heavy atom. The maximum atomic E-state index is 7.27. The van der Waals surface area contributed by atoms with E-state index in [0.717, 1.165) is 13.1 Å². The highest BCUT2D eigenvalue weighted by Crippen LogP contribution is 2.19. The van der Waals surface area contributed by atoms with Crippen LogP contribution in [0, 0.1) is 17.2 Å². The molecule has 0 bridgehead atoms. The van der Waals surface area contributed by atoms with E-state index in [0.29, 0.717) is 11.8 Å². The fourth-order valence-corrected chi connectivity index (χ4v) is 1.86. The molecule has 3 N–H and O–H groups in total. The molecule has 0 aromatic heterocycles. The Balaban J connectivity index is 2.49. The second kappa shape index (κ2) is 3.11. The molecule has 1 saturated heterocycles. The van der Waals surface area contributed by atoms with Crippen LogP contribution in [0.25, 0.3) is 0 Å². The molecule has 1 aliphatic rings. The SMILES string of the molecule is C[C@H]1C[C@H](C)CN(C(=N)N)C1. The summed E-state index contributed by atoms with van der Waals surface area (Å²) in [6.45, 7) is 6.34. The zero-order valence-corrected chi connectivity index (χ0v) is 7.30. The average molecular weight is 155 g/mol. The first-order valence-electron chi connectivity index (χ1n) is 4.18. The van der Waals surface area contributed by atoms with E-state index in [1.165, 1.54) is 6.42 Å². The van der Waals surface area contributed by atoms with E-state index >= 15 is 0 Å². The number of guanidine groups is 1. The van der Waals surface area contributed by atoms with Crippen LogP contribution in [-0.4, -0.2) is 23.9 Å². The normalized spacial score (nSPS) is 32.0. The Hall–Kier alpha value is -0.730. The van der Waals surface area contributed by atoms with Gasteiger partial charge in [0.25, 0.3) is 0 Å². The number of piperidine rings is 1. The number of likely N-dealkylation sites (tertiary alicyclic amines) is 1. The molecule has 1 rings (SSSR count). The molecule has 3 heteroatoms. The molecule has 0 unspecified atom stereocenters. The Morgan fingerprint density at radius 3 is 2.18 bits per heavy atom. The van der Waals surface area contributed by atoms with Gasteiger partial charge in [-0.15, -0.1) is 0 Å². The van der Waals surface area contributed by atoms with Gasteiger partial charge >= 0.3 is 0 Å². The van der Waals surface area contributed by atoms with Gasteiger partial charge in [0.05, 0.1) is 0 Å². The third kappa shape index (κ3) is 2.10. The van der Waals surface area contributed by atoms with Crippen molar-refractivity contribution < 1.29 is 0 Å². The lowest BCUT2D eigenvalue weighted by atomic mass is 9.92. The molecule has 11 heavy (non-hydrogen) atoms. The molecule has 1 aliphatic heterocycles. The van der Waals surface area contributed by atoms with Gasteiger partial charge in [0.2, 0.25) is 0 Å². The zero-order chi connectivity index (χ0) is 8.43. The monoisotopic (exact) mass is 155 g/mol. The number of rotatable bonds is 0. The van der Waals surface area contributed by atoms with Crippen LogP contribution in [0.15, 0.2) is 0 Å². The summed E-state index contributed by atoms with van der Waals surface area (Å²) in [6.07, 6.45) is 1.27. The van der Waals surface area contributed by atoms with Crippen molar-refractivity contribution in [3.63, 3.8) is 0 Å². The summed E-state index contributed by atoms with van der Waals surface area (Å²) >= 11 is 0. The topological polar surface area (TPSA) is 53.1 Å². The maximum Gasteiger partial charge on any atom is 0.188 e. The van der Waals surface area contributed by atoms with Crippen LogP contribution in [0.5, 0.6) is 0 Å². The lowest BCUT2D eigenvalue weighted by Crippen LogP contribution is -2.45. The molecular weight excluding hydrogens is 138 g/mol. The smallest absolute Gasteiger partial charge is 0.188 e. The van der Waals surface area contributed by atoms with Crippen molar-refractivity contribution in [3.8, 4) is 0 Å². The van der Waals surface area contributed by atoms with Gasteiger partial charge in [-0.1, -0.05) is 13.8 Å². The summed E-state index contributed by atoms with van der Waals surface area (Å²) in [7, 11) is 0. The van der Waals surface area contributed by atoms with Crippen LogP contribution in [0.4, 0.5) is 0 Å². The van der Waals surface area contributed by atoms with Crippen LogP contribution in [0.2, 0.25) is 0 Å². The Kier molecular flexibility index (Phi) is 2.37. The van der Waals surface area contributed by atoms with Crippen LogP contribution in [0.3, 0.4) is 0 Å². The predicted octanol–water partition coefficient (Wildman–Crippen LogP) is 0.858. The predicted molar refractivity (Wildman–Crippen MR) is 46.4 cm³/mol. The molecule has 3 nitrogen and oxygen atoms in total. The number of hydrogen-bond donors (Lipinski definition) is 2. The van der Waals surface area contributed by atoms with E-state index in [1.54, 1.807) is 0 Å². The molecule has 0 saturated carbocycles. The third-order valence-electron chi connectivity index (χ3n) is 2.21. The Morgan fingerprint density at radius 2 is 1.82 bits per heavy atom. The van der Waals surface area contributed by atoms with Crippen molar-refractivity contribution in [1.82, 2.24) is 4.90 Å². The van der Waals surface area contributed by atoms with Crippen molar-refractivity contribution in [1.29, 1.82) is 5.41 Å². The Labute approximate surface area is 68.1 Å². The second-order valence-corrected chi connectivity index (χ2v) is 3.74. The standard InChI is InChI=1S/C8H17N3/c1-6-3-7(2)5-11(4-6)8(9)10/h6-7H,3-5H2,1-2H3,(H3,9,10)/t6-,7-/m0/s1. The summed E-state index contributed by atoms with van der Waals surface area (Å²) in [5, 5.41) is 7.27. The summed E-state index contributed by atoms with van der Waals surface area (Å²) in [5.74, 6) is 1.59. The van der Waals surface area contributed by atoms with Gasteiger partial charge in [-0.25, -0.2) is 0 Å². The second-order valence-electron chi connectivity index (χ2n) is 3.74. The fraction of sp³-hybridized carbons (Fsp3) is 0.875. The van der Waals surface area contributed by atoms with E-state index in [2.05, 4.69) is 13.8 Å². The molecule has 0 aromatic rings. The lowest BCUT2D eigenvalue weighted by Gasteiger charge is -2.35. The minimum absolute atomic E-state index is 0.225. The highest BCUT2D eigenvalue weighted by molar-refractivity contribution is 5.74. The van der Waals surface area contributed by atoms with Crippen molar-refractivity contribution in [2.45, 2.75) is 20.3 Å². The quantitative estimate of drug-likeness (QED) is 0.402. The lowest BCUT2D eigenvalue weighted by molar-refractivity contribution is 0.211. The molecule has 0 aliphatic carbocycles. The van der Waals surface area contributed by atoms with Crippen LogP contribution in [0.1, 0.15) is 20.3 Å². The summed E-state index contributed by atoms with van der Waals surface area (Å²) in [5.41, 5.74) is 5.40. The van der Waals surface area contributed by atoms with Crippen molar-refractivity contribution in [3.05, 3.63) is 0 Å². The van der Waals surface area contributed by atoms with Gasteiger partial charge < -0.3 is 10.6 Å². The first kappa shape index (κ1) is 8.37. The first-order chi connectivity index (χ1) is 5.09. The Bertz CT molecular complexity index is 145. The van der Waals surface area contributed by atoms with E-state index in [-0.39, 0.29) is 5.96 Å². The van der Waals surface area contributed by atoms with Gasteiger partial charge in [0, 0.05) is 13.1 Å². The zero-order valence-electron chi connectivity index (χ0n) is 7.30. The molecule has 0 spiro atoms. The minimum Gasteiger partial charge on any atom is -0.370 e.